The molecule has 0 N–H and O–H groups in total. The first-order valence-electron chi connectivity index (χ1n) is 6.49. The molecule has 0 spiro atoms. The Balaban J connectivity index is 1.82. The van der Waals surface area contributed by atoms with Crippen molar-refractivity contribution >= 4 is 21.7 Å². The Morgan fingerprint density at radius 3 is 3.20 bits per heavy atom. The number of halogens is 1. The zero-order valence-electron chi connectivity index (χ0n) is 11.1. The molecule has 3 heterocycles. The third kappa shape index (κ3) is 2.53. The molecule has 0 saturated carbocycles. The van der Waals surface area contributed by atoms with E-state index in [1.54, 1.807) is 18.9 Å². The highest BCUT2D eigenvalue weighted by molar-refractivity contribution is 9.10. The monoisotopic (exact) mass is 338 g/mol. The highest BCUT2D eigenvalue weighted by atomic mass is 79.9. The van der Waals surface area contributed by atoms with Gasteiger partial charge in [0.05, 0.1) is 17.6 Å². The zero-order valence-corrected chi connectivity index (χ0v) is 12.7. The van der Waals surface area contributed by atoms with E-state index in [0.717, 1.165) is 29.2 Å². The van der Waals surface area contributed by atoms with Gasteiger partial charge >= 0.3 is 0 Å². The summed E-state index contributed by atoms with van der Waals surface area (Å²) in [6, 6.07) is 0. The number of aryl methyl sites for hydroxylation is 1. The van der Waals surface area contributed by atoms with Gasteiger partial charge in [-0.15, -0.1) is 10.2 Å². The van der Waals surface area contributed by atoms with Crippen molar-refractivity contribution in [3.05, 3.63) is 29.1 Å². The summed E-state index contributed by atoms with van der Waals surface area (Å²) in [4.78, 5) is 10.5. The number of morpholine rings is 1. The fourth-order valence-electron chi connectivity index (χ4n) is 2.29. The average molecular weight is 339 g/mol. The number of hydrogen-bond acceptors (Lipinski definition) is 6. The summed E-state index contributed by atoms with van der Waals surface area (Å²) in [5, 5.41) is 8.14. The van der Waals surface area contributed by atoms with Gasteiger partial charge in [-0.1, -0.05) is 0 Å². The number of anilines is 1. The minimum absolute atomic E-state index is 0.0898. The number of hydrogen-bond donors (Lipinski definition) is 0. The van der Waals surface area contributed by atoms with E-state index in [-0.39, 0.29) is 6.10 Å². The van der Waals surface area contributed by atoms with Crippen molar-refractivity contribution in [1.29, 1.82) is 0 Å². The van der Waals surface area contributed by atoms with E-state index in [9.17, 15) is 0 Å². The van der Waals surface area contributed by atoms with Crippen LogP contribution in [0.4, 0.5) is 5.82 Å². The highest BCUT2D eigenvalue weighted by Gasteiger charge is 2.27. The van der Waals surface area contributed by atoms with Gasteiger partial charge in [0.1, 0.15) is 24.6 Å². The molecule has 1 aliphatic rings. The first-order chi connectivity index (χ1) is 9.79. The summed E-state index contributed by atoms with van der Waals surface area (Å²) in [5.41, 5.74) is 0. The molecular weight excluding hydrogens is 324 g/mol. The minimum atomic E-state index is -0.0898. The number of ether oxygens (including phenoxy) is 1. The lowest BCUT2D eigenvalue weighted by molar-refractivity contribution is 0.0313. The molecule has 0 amide bonds. The summed E-state index contributed by atoms with van der Waals surface area (Å²) in [6.45, 7) is 5.03. The van der Waals surface area contributed by atoms with Crippen LogP contribution in [0.25, 0.3) is 0 Å². The third-order valence-corrected chi connectivity index (χ3v) is 3.85. The van der Waals surface area contributed by atoms with E-state index in [1.807, 2.05) is 4.57 Å². The van der Waals surface area contributed by atoms with Crippen LogP contribution in [0.15, 0.2) is 23.3 Å². The Bertz CT molecular complexity index is 589. The lowest BCUT2D eigenvalue weighted by Crippen LogP contribution is -2.40. The van der Waals surface area contributed by atoms with Crippen LogP contribution in [-0.2, 0) is 11.3 Å². The second kappa shape index (κ2) is 5.84. The van der Waals surface area contributed by atoms with E-state index in [1.165, 1.54) is 0 Å². The molecular formula is C12H15BrN6O. The predicted octanol–water partition coefficient (Wildman–Crippen LogP) is 1.43. The summed E-state index contributed by atoms with van der Waals surface area (Å²) >= 11 is 3.49. The summed E-state index contributed by atoms with van der Waals surface area (Å²) in [7, 11) is 0. The van der Waals surface area contributed by atoms with Crippen LogP contribution in [-0.4, -0.2) is 44.4 Å². The molecule has 0 radical (unpaired) electrons. The Morgan fingerprint density at radius 1 is 1.50 bits per heavy atom. The molecule has 20 heavy (non-hydrogen) atoms. The van der Waals surface area contributed by atoms with Crippen molar-refractivity contribution in [2.75, 3.05) is 24.6 Å². The normalized spacial score (nSPS) is 19.3. The van der Waals surface area contributed by atoms with Crippen molar-refractivity contribution in [2.45, 2.75) is 19.6 Å². The molecule has 1 fully saturated rings. The molecule has 7 nitrogen and oxygen atoms in total. The molecule has 1 unspecified atom stereocenters. The fourth-order valence-corrected chi connectivity index (χ4v) is 2.77. The Kier molecular flexibility index (Phi) is 3.93. The van der Waals surface area contributed by atoms with Gasteiger partial charge in [0, 0.05) is 19.3 Å². The van der Waals surface area contributed by atoms with Crippen LogP contribution in [0.2, 0.25) is 0 Å². The smallest absolute Gasteiger partial charge is 0.163 e. The van der Waals surface area contributed by atoms with Crippen molar-refractivity contribution in [3.8, 4) is 0 Å². The number of nitrogens with zero attached hydrogens (tertiary/aromatic N) is 6. The van der Waals surface area contributed by atoms with Gasteiger partial charge < -0.3 is 14.2 Å². The second-order valence-corrected chi connectivity index (χ2v) is 5.33. The standard InChI is InChI=1S/C12H15BrN6O/c1-2-18-8-16-17-12(18)10-6-19(3-4-20-10)11-9(13)5-14-7-15-11/h5,7-8,10H,2-4,6H2,1H3. The van der Waals surface area contributed by atoms with Crippen LogP contribution < -0.4 is 4.90 Å². The number of rotatable bonds is 3. The van der Waals surface area contributed by atoms with E-state index in [0.29, 0.717) is 13.2 Å². The third-order valence-electron chi connectivity index (χ3n) is 3.29. The van der Waals surface area contributed by atoms with Gasteiger partial charge in [0.2, 0.25) is 0 Å². The fraction of sp³-hybridized carbons (Fsp3) is 0.500. The number of aromatic nitrogens is 5. The van der Waals surface area contributed by atoms with Gasteiger partial charge in [-0.25, -0.2) is 9.97 Å². The van der Waals surface area contributed by atoms with Gasteiger partial charge in [-0.3, -0.25) is 0 Å². The first-order valence-corrected chi connectivity index (χ1v) is 7.28. The molecule has 106 valence electrons. The van der Waals surface area contributed by atoms with Gasteiger partial charge in [0.25, 0.3) is 0 Å². The van der Waals surface area contributed by atoms with Crippen molar-refractivity contribution in [2.24, 2.45) is 0 Å². The molecule has 1 aliphatic heterocycles. The van der Waals surface area contributed by atoms with Crippen LogP contribution in [0, 0.1) is 0 Å². The topological polar surface area (TPSA) is 69.0 Å². The minimum Gasteiger partial charge on any atom is -0.366 e. The molecule has 0 aromatic carbocycles. The van der Waals surface area contributed by atoms with E-state index in [2.05, 4.69) is 47.9 Å². The predicted molar refractivity (Wildman–Crippen MR) is 76.3 cm³/mol. The summed E-state index contributed by atoms with van der Waals surface area (Å²) < 4.78 is 8.72. The molecule has 2 aromatic heterocycles. The Hall–Kier alpha value is -1.54. The largest absolute Gasteiger partial charge is 0.366 e. The molecule has 0 aliphatic carbocycles. The lowest BCUT2D eigenvalue weighted by atomic mass is 10.2. The first kappa shape index (κ1) is 13.4. The van der Waals surface area contributed by atoms with E-state index < -0.39 is 0 Å². The Morgan fingerprint density at radius 2 is 2.40 bits per heavy atom. The van der Waals surface area contributed by atoms with E-state index in [4.69, 9.17) is 4.74 Å². The SMILES string of the molecule is CCn1cnnc1C1CN(c2ncncc2Br)CCO1. The van der Waals surface area contributed by atoms with Crippen LogP contribution in [0.3, 0.4) is 0 Å². The van der Waals surface area contributed by atoms with Crippen LogP contribution >= 0.6 is 15.9 Å². The maximum absolute atomic E-state index is 5.83. The van der Waals surface area contributed by atoms with Gasteiger partial charge in [-0.2, -0.15) is 0 Å². The summed E-state index contributed by atoms with van der Waals surface area (Å²) in [5.74, 6) is 1.75. The second-order valence-electron chi connectivity index (χ2n) is 4.47. The molecule has 0 bridgehead atoms. The van der Waals surface area contributed by atoms with Crippen molar-refractivity contribution < 1.29 is 4.74 Å². The van der Waals surface area contributed by atoms with Gasteiger partial charge in [-0.05, 0) is 22.9 Å². The lowest BCUT2D eigenvalue weighted by Gasteiger charge is -2.33. The molecule has 1 atom stereocenters. The average Bonchev–Trinajstić information content (AvgIpc) is 2.96. The van der Waals surface area contributed by atoms with Crippen molar-refractivity contribution in [3.63, 3.8) is 0 Å². The maximum Gasteiger partial charge on any atom is 0.163 e. The van der Waals surface area contributed by atoms with E-state index >= 15 is 0 Å². The van der Waals surface area contributed by atoms with Gasteiger partial charge in [0.15, 0.2) is 5.82 Å². The molecule has 1 saturated heterocycles. The molecule has 3 rings (SSSR count). The molecule has 8 heteroatoms. The van der Waals surface area contributed by atoms with Crippen LogP contribution in [0.1, 0.15) is 18.9 Å². The van der Waals surface area contributed by atoms with Crippen LogP contribution in [0.5, 0.6) is 0 Å². The quantitative estimate of drug-likeness (QED) is 0.843. The zero-order chi connectivity index (χ0) is 13.9. The Labute approximate surface area is 125 Å². The summed E-state index contributed by atoms with van der Waals surface area (Å²) in [6.07, 6.45) is 4.95. The maximum atomic E-state index is 5.83. The highest BCUT2D eigenvalue weighted by Crippen LogP contribution is 2.28. The molecule has 2 aromatic rings. The van der Waals surface area contributed by atoms with Crippen molar-refractivity contribution in [1.82, 2.24) is 24.7 Å².